The lowest BCUT2D eigenvalue weighted by molar-refractivity contribution is 0.950. The van der Waals surface area contributed by atoms with Gasteiger partial charge in [-0.25, -0.2) is 4.98 Å². The van der Waals surface area contributed by atoms with Crippen LogP contribution in [0.15, 0.2) is 267 Å². The molecule has 11 aromatic carbocycles. The molecule has 0 unspecified atom stereocenters. The van der Waals surface area contributed by atoms with Crippen LogP contribution in [0, 0.1) is 0 Å². The zero-order valence-electron chi connectivity index (χ0n) is 54.4. The van der Waals surface area contributed by atoms with Crippen molar-refractivity contribution >= 4 is 65.4 Å². The van der Waals surface area contributed by atoms with E-state index >= 15 is 0 Å². The molecule has 15 rings (SSSR count). The first-order valence-corrected chi connectivity index (χ1v) is 24.2. The largest absolute Gasteiger partial charge is 0.309 e. The molecule has 0 aliphatic heterocycles. The van der Waals surface area contributed by atoms with Gasteiger partial charge in [-0.3, -0.25) is 4.57 Å². The van der Waals surface area contributed by atoms with Gasteiger partial charge in [0, 0.05) is 43.4 Å². The molecule has 4 aromatic heterocycles. The summed E-state index contributed by atoms with van der Waals surface area (Å²) in [5.41, 5.74) is 8.54. The monoisotopic (exact) mass is 971 g/mol. The highest BCUT2D eigenvalue weighted by Crippen LogP contribution is 2.42. The van der Waals surface area contributed by atoms with Gasteiger partial charge in [0.05, 0.1) is 65.0 Å². The summed E-state index contributed by atoms with van der Waals surface area (Å²) in [6.45, 7) is 0. The average molecular weight is 972 g/mol. The summed E-state index contributed by atoms with van der Waals surface area (Å²) < 4.78 is 135. The Morgan fingerprint density at radius 3 is 0.987 bits per heavy atom. The van der Waals surface area contributed by atoms with Gasteiger partial charge in [0.15, 0.2) is 11.6 Å². The second-order valence-electron chi connectivity index (χ2n) is 18.1. The third kappa shape index (κ3) is 6.92. The standard InChI is InChI=1S/C69H44N6/c1-4-20-45(21-5-1)48-36-39-64-56(42-48)51-26-10-15-31-59(51)73(64)62-34-18-13-29-54(62)67-70-68(72-69(71-67)75-61-33-17-12-28-53(61)58-44-50(38-41-66(58)75)47-24-8-3-9-25-47)55-30-14-19-35-63(55)74-60-32-16-11-27-52(60)57-43-49(37-40-65(57)74)46-22-6-2-7-23-46/h1-44H/i1D,2D,3D,4D,5D,6D,7D,8D,9D,20D,21D,22D,23D,24D,25D. The highest BCUT2D eigenvalue weighted by molar-refractivity contribution is 6.13. The Balaban J connectivity index is 0.989. The summed E-state index contributed by atoms with van der Waals surface area (Å²) in [4.78, 5) is 16.3. The minimum absolute atomic E-state index is 0.0587. The number of fused-ring (bicyclic) bond motifs is 9. The van der Waals surface area contributed by atoms with Crippen molar-refractivity contribution in [2.45, 2.75) is 0 Å². The number of hydrogen-bond donors (Lipinski definition) is 0. The van der Waals surface area contributed by atoms with Gasteiger partial charge in [0.1, 0.15) is 0 Å². The lowest BCUT2D eigenvalue weighted by atomic mass is 10.0. The van der Waals surface area contributed by atoms with Gasteiger partial charge in [-0.1, -0.05) is 188 Å². The van der Waals surface area contributed by atoms with Crippen LogP contribution >= 0.6 is 0 Å². The Morgan fingerprint density at radius 2 is 0.587 bits per heavy atom. The second-order valence-corrected chi connectivity index (χ2v) is 18.1. The maximum absolute atomic E-state index is 8.90. The topological polar surface area (TPSA) is 53.5 Å². The molecule has 0 radical (unpaired) electrons. The molecular weight excluding hydrogens is 913 g/mol. The van der Waals surface area contributed by atoms with Gasteiger partial charge in [0.25, 0.3) is 0 Å². The third-order valence-corrected chi connectivity index (χ3v) is 14.0. The number of nitrogens with zero attached hydrogens (tertiary/aromatic N) is 6. The van der Waals surface area contributed by atoms with E-state index in [1.54, 1.807) is 18.2 Å². The first-order valence-electron chi connectivity index (χ1n) is 31.7. The molecule has 6 heteroatoms. The molecule has 0 N–H and O–H groups in total. The molecule has 0 fully saturated rings. The van der Waals surface area contributed by atoms with Crippen LogP contribution in [0.4, 0.5) is 0 Å². The molecule has 350 valence electrons. The van der Waals surface area contributed by atoms with E-state index in [-0.39, 0.29) is 70.5 Å². The predicted octanol–water partition coefficient (Wildman–Crippen LogP) is 17.5. The minimum atomic E-state index is -0.491. The van der Waals surface area contributed by atoms with E-state index < -0.39 is 54.4 Å². The average Bonchev–Trinajstić information content (AvgIpc) is 1.56. The second kappa shape index (κ2) is 17.3. The smallest absolute Gasteiger partial charge is 0.238 e. The molecule has 0 bridgehead atoms. The lowest BCUT2D eigenvalue weighted by Gasteiger charge is -2.17. The van der Waals surface area contributed by atoms with E-state index in [0.29, 0.717) is 55.6 Å². The van der Waals surface area contributed by atoms with Crippen molar-refractivity contribution in [3.05, 3.63) is 267 Å². The van der Waals surface area contributed by atoms with Crippen LogP contribution in [0.3, 0.4) is 0 Å². The molecule has 0 saturated heterocycles. The van der Waals surface area contributed by atoms with Gasteiger partial charge in [0.2, 0.25) is 5.95 Å². The minimum Gasteiger partial charge on any atom is -0.309 e. The molecule has 4 heterocycles. The number of hydrogen-bond acceptors (Lipinski definition) is 3. The summed E-state index contributed by atoms with van der Waals surface area (Å²) in [6.07, 6.45) is 0. The van der Waals surface area contributed by atoms with Crippen LogP contribution in [-0.4, -0.2) is 28.7 Å². The zero-order chi connectivity index (χ0) is 62.5. The molecule has 0 aliphatic rings. The number of aromatic nitrogens is 6. The van der Waals surface area contributed by atoms with Crippen molar-refractivity contribution in [1.82, 2.24) is 28.7 Å². The van der Waals surface area contributed by atoms with E-state index in [2.05, 4.69) is 9.13 Å². The fraction of sp³-hybridized carbons (Fsp3) is 0. The van der Waals surface area contributed by atoms with Crippen molar-refractivity contribution in [2.75, 3.05) is 0 Å². The molecule has 0 amide bonds. The number of para-hydroxylation sites is 5. The Labute approximate surface area is 453 Å². The highest BCUT2D eigenvalue weighted by atomic mass is 15.2. The molecular formula is C69H44N6. The number of rotatable bonds is 8. The molecule has 0 atom stereocenters. The lowest BCUT2D eigenvalue weighted by Crippen LogP contribution is -2.09. The molecule has 6 nitrogen and oxygen atoms in total. The summed E-state index contributed by atoms with van der Waals surface area (Å²) in [6, 6.07) is 49.3. The predicted molar refractivity (Wildman–Crippen MR) is 310 cm³/mol. The first kappa shape index (κ1) is 30.0. The van der Waals surface area contributed by atoms with Gasteiger partial charge in [-0.15, -0.1) is 0 Å². The molecule has 0 aliphatic carbocycles. The van der Waals surface area contributed by atoms with Crippen LogP contribution in [-0.2, 0) is 0 Å². The van der Waals surface area contributed by atoms with Gasteiger partial charge < -0.3 is 9.13 Å². The summed E-state index contributed by atoms with van der Waals surface area (Å²) in [5.74, 6) is 0.765. The fourth-order valence-electron chi connectivity index (χ4n) is 10.7. The Hall–Kier alpha value is -10.2. The van der Waals surface area contributed by atoms with Crippen molar-refractivity contribution in [1.29, 1.82) is 0 Å². The summed E-state index contributed by atoms with van der Waals surface area (Å²) >= 11 is 0. The quantitative estimate of drug-likeness (QED) is 0.152. The maximum Gasteiger partial charge on any atom is 0.238 e. The molecule has 0 spiro atoms. The Bertz CT molecular complexity index is 5320. The summed E-state index contributed by atoms with van der Waals surface area (Å²) in [5, 5.41) is 4.66. The molecule has 15 aromatic rings. The first-order chi connectivity index (χ1) is 43.4. The van der Waals surface area contributed by atoms with E-state index in [0.717, 1.165) is 49.0 Å². The van der Waals surface area contributed by atoms with Crippen molar-refractivity contribution in [2.24, 2.45) is 0 Å². The van der Waals surface area contributed by atoms with Crippen LogP contribution in [0.5, 0.6) is 0 Å². The number of benzene rings is 11. The Morgan fingerprint density at radius 1 is 0.267 bits per heavy atom. The Kier molecular flexibility index (Phi) is 6.90. The van der Waals surface area contributed by atoms with Crippen LogP contribution in [0.2, 0.25) is 0 Å². The van der Waals surface area contributed by atoms with E-state index in [9.17, 15) is 0 Å². The normalized spacial score (nSPS) is 14.5. The zero-order valence-corrected chi connectivity index (χ0v) is 39.4. The van der Waals surface area contributed by atoms with Crippen molar-refractivity contribution in [3.63, 3.8) is 0 Å². The van der Waals surface area contributed by atoms with E-state index in [1.807, 2.05) is 162 Å². The van der Waals surface area contributed by atoms with Crippen LogP contribution < -0.4 is 0 Å². The van der Waals surface area contributed by atoms with Gasteiger partial charge in [-0.2, -0.15) is 9.97 Å². The maximum atomic E-state index is 8.90. The van der Waals surface area contributed by atoms with Crippen LogP contribution in [0.1, 0.15) is 20.6 Å². The molecule has 0 saturated carbocycles. The molecule has 75 heavy (non-hydrogen) atoms. The fourth-order valence-corrected chi connectivity index (χ4v) is 10.7. The van der Waals surface area contributed by atoms with E-state index in [1.165, 1.54) is 0 Å². The third-order valence-electron chi connectivity index (χ3n) is 14.0. The van der Waals surface area contributed by atoms with E-state index in [4.69, 9.17) is 35.5 Å². The van der Waals surface area contributed by atoms with Gasteiger partial charge in [-0.05, 0) is 112 Å². The van der Waals surface area contributed by atoms with Crippen molar-refractivity contribution in [3.8, 4) is 73.5 Å². The SMILES string of the molecule is [2H]c1c([2H])c([2H])c(-c2ccc3c(c2)c2ccccc2n3-c2nc(-c3ccccc3-n3c4ccccc4c4cc(-c5c([2H])c([2H])c([2H])c([2H])c5[2H])ccc43)nc(-c3ccccc3-n3c4ccccc4c4cc(-c5c([2H])c([2H])c([2H])c([2H])c5[2H])ccc43)n2)c([2H])c1[2H]. The van der Waals surface area contributed by atoms with Crippen molar-refractivity contribution < 1.29 is 20.6 Å². The van der Waals surface area contributed by atoms with Gasteiger partial charge >= 0.3 is 0 Å². The highest BCUT2D eigenvalue weighted by Gasteiger charge is 2.24. The summed E-state index contributed by atoms with van der Waals surface area (Å²) in [7, 11) is 0. The van der Waals surface area contributed by atoms with Crippen LogP contribution in [0.25, 0.3) is 139 Å².